The Morgan fingerprint density at radius 1 is 1.21 bits per heavy atom. The lowest BCUT2D eigenvalue weighted by Crippen LogP contribution is -2.42. The summed E-state index contributed by atoms with van der Waals surface area (Å²) in [5.41, 5.74) is 3.42. The normalized spacial score (nSPS) is 16.1. The molecule has 6 nitrogen and oxygen atoms in total. The number of ether oxygens (including phenoxy) is 2. The van der Waals surface area contributed by atoms with Crippen molar-refractivity contribution in [2.24, 2.45) is 0 Å². The number of carbonyl (C=O) groups is 1. The zero-order valence-electron chi connectivity index (χ0n) is 19.1. The van der Waals surface area contributed by atoms with Gasteiger partial charge in [-0.2, -0.15) is 0 Å². The van der Waals surface area contributed by atoms with E-state index >= 15 is 0 Å². The molecular weight excluding hydrogens is 418 g/mol. The predicted molar refractivity (Wildman–Crippen MR) is 128 cm³/mol. The number of carbonyl (C=O) groups excluding carboxylic acids is 1. The van der Waals surface area contributed by atoms with Gasteiger partial charge in [0.25, 0.3) is 0 Å². The molecule has 1 fully saturated rings. The van der Waals surface area contributed by atoms with Crippen molar-refractivity contribution in [2.45, 2.75) is 32.8 Å². The molecule has 1 aliphatic heterocycles. The third-order valence-electron chi connectivity index (χ3n) is 5.92. The zero-order valence-corrected chi connectivity index (χ0v) is 19.1. The second kappa shape index (κ2) is 10.0. The molecule has 1 amide bonds. The average Bonchev–Trinajstić information content (AvgIpc) is 2.83. The Bertz CT molecular complexity index is 1210. The van der Waals surface area contributed by atoms with Crippen LogP contribution in [0.3, 0.4) is 0 Å². The van der Waals surface area contributed by atoms with Crippen molar-refractivity contribution in [3.63, 3.8) is 0 Å². The number of nitrogens with zero attached hydrogens (tertiary/aromatic N) is 1. The Morgan fingerprint density at radius 3 is 2.76 bits per heavy atom. The quantitative estimate of drug-likeness (QED) is 0.391. The molecule has 0 radical (unpaired) electrons. The molecule has 1 saturated heterocycles. The highest BCUT2D eigenvalue weighted by atomic mass is 16.5. The first-order valence-electron chi connectivity index (χ1n) is 11.2. The molecule has 33 heavy (non-hydrogen) atoms. The van der Waals surface area contributed by atoms with Gasteiger partial charge in [0.2, 0.25) is 5.91 Å². The number of hydrogen-bond donors (Lipinski definition) is 0. The molecular formula is C27H29NO5. The second-order valence-electron chi connectivity index (χ2n) is 8.51. The molecule has 172 valence electrons. The maximum Gasteiger partial charge on any atom is 0.339 e. The molecule has 3 aromatic rings. The first kappa shape index (κ1) is 22.8. The molecule has 2 heterocycles. The van der Waals surface area contributed by atoms with Crippen molar-refractivity contribution < 1.29 is 18.7 Å². The Morgan fingerprint density at radius 2 is 2.00 bits per heavy atom. The van der Waals surface area contributed by atoms with Crippen LogP contribution >= 0.6 is 0 Å². The van der Waals surface area contributed by atoms with E-state index < -0.39 is 5.63 Å². The van der Waals surface area contributed by atoms with Gasteiger partial charge in [-0.25, -0.2) is 4.79 Å². The number of benzene rings is 2. The molecule has 0 unspecified atom stereocenters. The summed E-state index contributed by atoms with van der Waals surface area (Å²) in [5.74, 6) is 0.637. The van der Waals surface area contributed by atoms with Gasteiger partial charge < -0.3 is 18.8 Å². The van der Waals surface area contributed by atoms with Crippen LogP contribution in [0.5, 0.6) is 5.75 Å². The van der Waals surface area contributed by atoms with Gasteiger partial charge in [-0.1, -0.05) is 36.9 Å². The topological polar surface area (TPSA) is 69.0 Å². The lowest BCUT2D eigenvalue weighted by atomic mass is 10.0. The van der Waals surface area contributed by atoms with Crippen molar-refractivity contribution in [3.05, 3.63) is 87.8 Å². The Balaban J connectivity index is 1.45. The minimum Gasteiger partial charge on any atom is -0.489 e. The van der Waals surface area contributed by atoms with Crippen LogP contribution in [-0.2, 0) is 16.0 Å². The van der Waals surface area contributed by atoms with Gasteiger partial charge in [-0.15, -0.1) is 0 Å². The zero-order chi connectivity index (χ0) is 23.4. The van der Waals surface area contributed by atoms with E-state index in [-0.39, 0.29) is 18.4 Å². The van der Waals surface area contributed by atoms with Crippen molar-refractivity contribution in [1.29, 1.82) is 0 Å². The van der Waals surface area contributed by atoms with Crippen LogP contribution in [0.1, 0.15) is 36.1 Å². The number of fused-ring (bicyclic) bond motifs is 1. The molecule has 6 heteroatoms. The van der Waals surface area contributed by atoms with Crippen molar-refractivity contribution in [2.75, 3.05) is 26.3 Å². The fraction of sp³-hybridized carbons (Fsp3) is 0.333. The van der Waals surface area contributed by atoms with E-state index in [2.05, 4.69) is 6.58 Å². The average molecular weight is 448 g/mol. The van der Waals surface area contributed by atoms with Crippen LogP contribution in [0.25, 0.3) is 11.0 Å². The molecule has 0 bridgehead atoms. The van der Waals surface area contributed by atoms with E-state index in [1.54, 1.807) is 6.07 Å². The molecule has 2 aromatic carbocycles. The van der Waals surface area contributed by atoms with Crippen LogP contribution in [0, 0.1) is 6.92 Å². The standard InChI is InChI=1S/C27H29NO5/c1-18(2)17-32-21-9-10-22-19(3)23(27(30)33-24(22)15-21)11-12-26(29)28-13-14-31-25(16-28)20-7-5-4-6-8-20/h4-10,15,25H,1,11-14,16-17H2,2-3H3/t25-/m0/s1. The van der Waals surface area contributed by atoms with E-state index in [4.69, 9.17) is 13.9 Å². The highest BCUT2D eigenvalue weighted by Gasteiger charge is 2.25. The third kappa shape index (κ3) is 5.34. The van der Waals surface area contributed by atoms with Crippen molar-refractivity contribution >= 4 is 16.9 Å². The van der Waals surface area contributed by atoms with Crippen LogP contribution < -0.4 is 10.4 Å². The first-order chi connectivity index (χ1) is 15.9. The monoisotopic (exact) mass is 447 g/mol. The second-order valence-corrected chi connectivity index (χ2v) is 8.51. The van der Waals surface area contributed by atoms with E-state index in [1.807, 2.05) is 61.2 Å². The Hall–Kier alpha value is -3.38. The molecule has 0 N–H and O–H groups in total. The molecule has 0 saturated carbocycles. The third-order valence-corrected chi connectivity index (χ3v) is 5.92. The summed E-state index contributed by atoms with van der Waals surface area (Å²) in [4.78, 5) is 27.4. The fourth-order valence-electron chi connectivity index (χ4n) is 4.10. The summed E-state index contributed by atoms with van der Waals surface area (Å²) in [5, 5.41) is 0.843. The highest BCUT2D eigenvalue weighted by Crippen LogP contribution is 2.26. The van der Waals surface area contributed by atoms with Crippen molar-refractivity contribution in [1.82, 2.24) is 4.90 Å². The summed E-state index contributed by atoms with van der Waals surface area (Å²) in [7, 11) is 0. The molecule has 0 aliphatic carbocycles. The predicted octanol–water partition coefficient (Wildman–Crippen LogP) is 4.59. The van der Waals surface area contributed by atoms with Gasteiger partial charge in [-0.05, 0) is 49.1 Å². The van der Waals surface area contributed by atoms with Gasteiger partial charge in [0, 0.05) is 30.0 Å². The van der Waals surface area contributed by atoms with E-state index in [0.29, 0.717) is 49.6 Å². The molecule has 0 spiro atoms. The first-order valence-corrected chi connectivity index (χ1v) is 11.2. The fourth-order valence-corrected chi connectivity index (χ4v) is 4.10. The molecule has 1 aromatic heterocycles. The largest absolute Gasteiger partial charge is 0.489 e. The van der Waals surface area contributed by atoms with Gasteiger partial charge in [-0.3, -0.25) is 4.79 Å². The van der Waals surface area contributed by atoms with Gasteiger partial charge in [0.05, 0.1) is 13.2 Å². The van der Waals surface area contributed by atoms with E-state index in [1.165, 1.54) is 0 Å². The number of morpholine rings is 1. The smallest absolute Gasteiger partial charge is 0.339 e. The SMILES string of the molecule is C=C(C)COc1ccc2c(C)c(CCC(=O)N3CCO[C@H](c4ccccc4)C3)c(=O)oc2c1. The van der Waals surface area contributed by atoms with Gasteiger partial charge in [0.1, 0.15) is 24.0 Å². The summed E-state index contributed by atoms with van der Waals surface area (Å²) < 4.78 is 17.1. The lowest BCUT2D eigenvalue weighted by Gasteiger charge is -2.33. The van der Waals surface area contributed by atoms with Crippen LogP contribution in [0.4, 0.5) is 0 Å². The van der Waals surface area contributed by atoms with Crippen LogP contribution in [0.2, 0.25) is 0 Å². The minimum absolute atomic E-state index is 0.0154. The summed E-state index contributed by atoms with van der Waals surface area (Å²) in [6.07, 6.45) is 0.459. The van der Waals surface area contributed by atoms with Crippen LogP contribution in [-0.4, -0.2) is 37.1 Å². The van der Waals surface area contributed by atoms with E-state index in [0.717, 1.165) is 22.1 Å². The Kier molecular flexibility index (Phi) is 6.94. The number of amides is 1. The summed E-state index contributed by atoms with van der Waals surface area (Å²) in [6.45, 7) is 9.58. The lowest BCUT2D eigenvalue weighted by molar-refractivity contribution is -0.139. The van der Waals surface area contributed by atoms with Gasteiger partial charge in [0.15, 0.2) is 0 Å². The van der Waals surface area contributed by atoms with Gasteiger partial charge >= 0.3 is 5.63 Å². The maximum absolute atomic E-state index is 12.9. The summed E-state index contributed by atoms with van der Waals surface area (Å²) in [6, 6.07) is 15.4. The summed E-state index contributed by atoms with van der Waals surface area (Å²) >= 11 is 0. The maximum atomic E-state index is 12.9. The molecule has 1 atom stereocenters. The Labute approximate surface area is 193 Å². The van der Waals surface area contributed by atoms with Crippen LogP contribution in [0.15, 0.2) is 69.9 Å². The molecule has 4 rings (SSSR count). The highest BCUT2D eigenvalue weighted by molar-refractivity contribution is 5.83. The van der Waals surface area contributed by atoms with E-state index in [9.17, 15) is 9.59 Å². The number of hydrogen-bond acceptors (Lipinski definition) is 5. The minimum atomic E-state index is -0.408. The number of aryl methyl sites for hydroxylation is 1. The number of rotatable bonds is 7. The molecule has 1 aliphatic rings. The van der Waals surface area contributed by atoms with Crippen molar-refractivity contribution in [3.8, 4) is 5.75 Å².